The Bertz CT molecular complexity index is 1280. The number of carbonyl (C=O) groups is 3. The summed E-state index contributed by atoms with van der Waals surface area (Å²) in [7, 11) is -4.72. The van der Waals surface area contributed by atoms with E-state index in [1.54, 1.807) is 0 Å². The van der Waals surface area contributed by atoms with Gasteiger partial charge < -0.3 is 24.2 Å². The number of aliphatic hydroxyl groups excluding tert-OH is 1. The molecule has 0 bridgehead atoms. The minimum absolute atomic E-state index is 0.180. The molecule has 2 N–H and O–H groups in total. The Balaban J connectivity index is 2.38. The highest BCUT2D eigenvalue weighted by atomic mass is 31.2. The largest absolute Gasteiger partial charge is 0.472 e. The third kappa shape index (κ3) is 44.6. The fraction of sp³-hybridized carbons (Fsp3) is 0.912. The van der Waals surface area contributed by atoms with Crippen molar-refractivity contribution in [2.75, 3.05) is 26.4 Å². The first-order valence-electron chi connectivity index (χ1n) is 29.1. The molecule has 0 aromatic carbocycles. The molecule has 1 rings (SSSR count). The zero-order valence-corrected chi connectivity index (χ0v) is 45.7. The van der Waals surface area contributed by atoms with Crippen LogP contribution < -0.4 is 0 Å². The summed E-state index contributed by atoms with van der Waals surface area (Å²) in [4.78, 5) is 48.1. The number of hydrogen-bond acceptors (Lipinski definition) is 10. The second-order valence-electron chi connectivity index (χ2n) is 20.4. The highest BCUT2D eigenvalue weighted by Gasteiger charge is 2.35. The van der Waals surface area contributed by atoms with Crippen LogP contribution in [-0.2, 0) is 42.2 Å². The molecule has 0 heterocycles. The lowest BCUT2D eigenvalue weighted by atomic mass is 10.0. The van der Waals surface area contributed by atoms with Gasteiger partial charge in [-0.25, -0.2) is 4.57 Å². The van der Waals surface area contributed by atoms with E-state index in [-0.39, 0.29) is 32.5 Å². The van der Waals surface area contributed by atoms with E-state index < -0.39 is 51.2 Å². The van der Waals surface area contributed by atoms with Crippen molar-refractivity contribution in [3.63, 3.8) is 0 Å². The molecule has 0 aromatic rings. The molecule has 69 heavy (non-hydrogen) atoms. The Morgan fingerprint density at radius 3 is 1.26 bits per heavy atom. The summed E-state index contributed by atoms with van der Waals surface area (Å²) in [6.45, 7) is 4.86. The molecule has 0 radical (unpaired) electrons. The van der Waals surface area contributed by atoms with Gasteiger partial charge in [0.05, 0.1) is 13.2 Å². The number of aliphatic hydroxyl groups is 1. The van der Waals surface area contributed by atoms with Crippen LogP contribution in [0.25, 0.3) is 0 Å². The van der Waals surface area contributed by atoms with Gasteiger partial charge in [-0.3, -0.25) is 23.4 Å². The molecular weight excluding hydrogens is 892 g/mol. The zero-order chi connectivity index (χ0) is 50.3. The van der Waals surface area contributed by atoms with Crippen molar-refractivity contribution < 1.29 is 52.2 Å². The zero-order valence-electron chi connectivity index (χ0n) is 44.8. The van der Waals surface area contributed by atoms with Crippen LogP contribution in [-0.4, -0.2) is 66.5 Å². The fourth-order valence-electron chi connectivity index (χ4n) is 9.01. The first-order valence-corrected chi connectivity index (χ1v) is 30.5. The molecule has 0 aromatic heterocycles. The Morgan fingerprint density at radius 2 is 0.812 bits per heavy atom. The molecule has 1 aliphatic carbocycles. The topological polar surface area (TPSA) is 155 Å². The standard InChI is InChI=1S/C57H107O11P/c1-4-7-10-13-16-18-20-22-24-26-28-33-38-43-55(59)64-47-53(58)48-66-69(62,63)67-50-54(49-65-56(60)44-39-34-29-27-25-23-21-19-17-14-11-8-5-2)68-57(61)45-40-35-30-32-37-42-52-46-51(52)41-36-31-15-12-9-6-3/h19,21,51-54,58H,4-18,20,22-50H2,1-3H3,(H,62,63)/b21-19-/t51?,52?,53-,54+/m0/s1. The predicted molar refractivity (Wildman–Crippen MR) is 282 cm³/mol. The van der Waals surface area contributed by atoms with Gasteiger partial charge in [0.15, 0.2) is 6.10 Å². The lowest BCUT2D eigenvalue weighted by Crippen LogP contribution is -2.30. The maximum Gasteiger partial charge on any atom is 0.472 e. The van der Waals surface area contributed by atoms with E-state index in [0.29, 0.717) is 19.3 Å². The fourth-order valence-corrected chi connectivity index (χ4v) is 9.80. The number of phosphoric acid groups is 1. The van der Waals surface area contributed by atoms with Gasteiger partial charge in [0.1, 0.15) is 19.3 Å². The summed E-state index contributed by atoms with van der Waals surface area (Å²) < 4.78 is 39.1. The molecule has 11 nitrogen and oxygen atoms in total. The molecule has 1 fully saturated rings. The summed E-state index contributed by atoms with van der Waals surface area (Å²) in [5.41, 5.74) is 0. The van der Waals surface area contributed by atoms with Crippen LogP contribution in [0, 0.1) is 11.8 Å². The molecule has 0 saturated heterocycles. The minimum Gasteiger partial charge on any atom is -0.463 e. The van der Waals surface area contributed by atoms with Crippen LogP contribution in [0.5, 0.6) is 0 Å². The van der Waals surface area contributed by atoms with Crippen LogP contribution in [0.4, 0.5) is 0 Å². The van der Waals surface area contributed by atoms with E-state index in [1.165, 1.54) is 148 Å². The molecule has 0 amide bonds. The van der Waals surface area contributed by atoms with Gasteiger partial charge in [-0.2, -0.15) is 0 Å². The monoisotopic (exact) mass is 999 g/mol. The van der Waals surface area contributed by atoms with Crippen LogP contribution in [0.3, 0.4) is 0 Å². The van der Waals surface area contributed by atoms with Crippen molar-refractivity contribution in [3.8, 4) is 0 Å². The SMILES string of the molecule is CCCCCC/C=C\CCCCCCCC(=O)OC[C@H](COP(=O)(O)OC[C@@H](O)COC(=O)CCCCCCCCCCCCCCC)OC(=O)CCCCCCCC1CC1CCCCCCCC. The van der Waals surface area contributed by atoms with Crippen LogP contribution >= 0.6 is 7.82 Å². The summed E-state index contributed by atoms with van der Waals surface area (Å²) in [6.07, 6.45) is 48.0. The molecule has 12 heteroatoms. The third-order valence-electron chi connectivity index (χ3n) is 13.6. The maximum absolute atomic E-state index is 12.9. The van der Waals surface area contributed by atoms with E-state index in [1.807, 2.05) is 0 Å². The number of allylic oxidation sites excluding steroid dienone is 2. The maximum atomic E-state index is 12.9. The Morgan fingerprint density at radius 1 is 0.464 bits per heavy atom. The average Bonchev–Trinajstić information content (AvgIpc) is 4.09. The van der Waals surface area contributed by atoms with Gasteiger partial charge in [0, 0.05) is 19.3 Å². The first kappa shape index (κ1) is 65.2. The van der Waals surface area contributed by atoms with Gasteiger partial charge in [-0.05, 0) is 63.2 Å². The van der Waals surface area contributed by atoms with Crippen molar-refractivity contribution >= 4 is 25.7 Å². The van der Waals surface area contributed by atoms with Gasteiger partial charge in [-0.1, -0.05) is 226 Å². The van der Waals surface area contributed by atoms with E-state index >= 15 is 0 Å². The number of rotatable bonds is 53. The van der Waals surface area contributed by atoms with Crippen molar-refractivity contribution in [2.24, 2.45) is 11.8 Å². The highest BCUT2D eigenvalue weighted by Crippen LogP contribution is 2.46. The van der Waals surface area contributed by atoms with Crippen LogP contribution in [0.2, 0.25) is 0 Å². The molecule has 406 valence electrons. The second-order valence-corrected chi connectivity index (χ2v) is 21.9. The van der Waals surface area contributed by atoms with Crippen molar-refractivity contribution in [3.05, 3.63) is 12.2 Å². The van der Waals surface area contributed by atoms with E-state index in [2.05, 4.69) is 32.9 Å². The Labute approximate surface area is 423 Å². The number of phosphoric ester groups is 1. The molecule has 5 atom stereocenters. The van der Waals surface area contributed by atoms with E-state index in [0.717, 1.165) is 88.9 Å². The molecule has 1 saturated carbocycles. The molecule has 1 aliphatic rings. The van der Waals surface area contributed by atoms with E-state index in [9.17, 15) is 28.9 Å². The number of carbonyl (C=O) groups excluding carboxylic acids is 3. The summed E-state index contributed by atoms with van der Waals surface area (Å²) in [5, 5.41) is 10.3. The van der Waals surface area contributed by atoms with Gasteiger partial charge >= 0.3 is 25.7 Å². The van der Waals surface area contributed by atoms with E-state index in [4.69, 9.17) is 23.3 Å². The quantitative estimate of drug-likeness (QED) is 0.0197. The number of unbranched alkanes of at least 4 members (excludes halogenated alkanes) is 30. The molecular formula is C57H107O11P. The number of hydrogen-bond donors (Lipinski definition) is 2. The summed E-state index contributed by atoms with van der Waals surface area (Å²) in [6, 6.07) is 0. The van der Waals surface area contributed by atoms with Crippen molar-refractivity contribution in [1.82, 2.24) is 0 Å². The smallest absolute Gasteiger partial charge is 0.463 e. The second kappa shape index (κ2) is 47.2. The first-order chi connectivity index (χ1) is 33.6. The Hall–Kier alpha value is -1.78. The lowest BCUT2D eigenvalue weighted by Gasteiger charge is -2.20. The number of esters is 3. The Kier molecular flexibility index (Phi) is 44.7. The summed E-state index contributed by atoms with van der Waals surface area (Å²) >= 11 is 0. The lowest BCUT2D eigenvalue weighted by molar-refractivity contribution is -0.161. The molecule has 3 unspecified atom stereocenters. The van der Waals surface area contributed by atoms with Crippen molar-refractivity contribution in [2.45, 2.75) is 296 Å². The van der Waals surface area contributed by atoms with Gasteiger partial charge in [0.25, 0.3) is 0 Å². The van der Waals surface area contributed by atoms with Gasteiger partial charge in [-0.15, -0.1) is 0 Å². The molecule has 0 aliphatic heterocycles. The molecule has 0 spiro atoms. The van der Waals surface area contributed by atoms with Crippen molar-refractivity contribution in [1.29, 1.82) is 0 Å². The average molecular weight is 999 g/mol. The number of ether oxygens (including phenoxy) is 3. The van der Waals surface area contributed by atoms with Crippen LogP contribution in [0.1, 0.15) is 284 Å². The summed E-state index contributed by atoms with van der Waals surface area (Å²) in [5.74, 6) is 0.488. The van der Waals surface area contributed by atoms with Gasteiger partial charge in [0.2, 0.25) is 0 Å². The predicted octanol–water partition coefficient (Wildman–Crippen LogP) is 16.3. The van der Waals surface area contributed by atoms with Crippen LogP contribution in [0.15, 0.2) is 12.2 Å². The normalized spacial score (nSPS) is 16.4. The third-order valence-corrected chi connectivity index (χ3v) is 14.5. The highest BCUT2D eigenvalue weighted by molar-refractivity contribution is 7.47. The minimum atomic E-state index is -4.72.